The molecule has 1 unspecified atom stereocenters. The van der Waals surface area contributed by atoms with E-state index in [1.165, 1.54) is 19.3 Å². The summed E-state index contributed by atoms with van der Waals surface area (Å²) in [6.45, 7) is 4.14. The van der Waals surface area contributed by atoms with Gasteiger partial charge in [0.15, 0.2) is 0 Å². The van der Waals surface area contributed by atoms with Crippen LogP contribution in [0.4, 0.5) is 0 Å². The highest BCUT2D eigenvalue weighted by Gasteiger charge is 2.32. The highest BCUT2D eigenvalue weighted by molar-refractivity contribution is 4.88. The third-order valence-corrected chi connectivity index (χ3v) is 2.72. The SMILES string of the molecule is CCC(NC1COC1)C1CC1. The van der Waals surface area contributed by atoms with E-state index < -0.39 is 0 Å². The van der Waals surface area contributed by atoms with E-state index in [-0.39, 0.29) is 0 Å². The van der Waals surface area contributed by atoms with Gasteiger partial charge in [0.25, 0.3) is 0 Å². The van der Waals surface area contributed by atoms with Gasteiger partial charge in [-0.3, -0.25) is 0 Å². The quantitative estimate of drug-likeness (QED) is 0.658. The minimum absolute atomic E-state index is 0.667. The summed E-state index contributed by atoms with van der Waals surface area (Å²) in [5, 5.41) is 3.64. The lowest BCUT2D eigenvalue weighted by Gasteiger charge is -2.31. The first-order valence-corrected chi connectivity index (χ1v) is 4.74. The molecule has 1 aliphatic carbocycles. The van der Waals surface area contributed by atoms with Gasteiger partial charge >= 0.3 is 0 Å². The molecule has 1 heterocycles. The summed E-state index contributed by atoms with van der Waals surface area (Å²) in [6.07, 6.45) is 4.17. The van der Waals surface area contributed by atoms with E-state index in [2.05, 4.69) is 12.2 Å². The van der Waals surface area contributed by atoms with Crippen molar-refractivity contribution in [2.45, 2.75) is 38.3 Å². The molecular formula is C9H17NO. The minimum atomic E-state index is 0.667. The fourth-order valence-corrected chi connectivity index (χ4v) is 1.72. The van der Waals surface area contributed by atoms with Gasteiger partial charge in [-0.15, -0.1) is 0 Å². The van der Waals surface area contributed by atoms with Crippen LogP contribution in [0.1, 0.15) is 26.2 Å². The lowest BCUT2D eigenvalue weighted by Crippen LogP contribution is -2.50. The largest absolute Gasteiger partial charge is 0.378 e. The van der Waals surface area contributed by atoms with E-state index in [0.29, 0.717) is 6.04 Å². The van der Waals surface area contributed by atoms with Crippen molar-refractivity contribution in [3.05, 3.63) is 0 Å². The first-order chi connectivity index (χ1) is 5.40. The molecule has 2 nitrogen and oxygen atoms in total. The second-order valence-corrected chi connectivity index (χ2v) is 3.75. The molecule has 1 saturated heterocycles. The molecule has 64 valence electrons. The van der Waals surface area contributed by atoms with Crippen molar-refractivity contribution >= 4 is 0 Å². The van der Waals surface area contributed by atoms with E-state index in [4.69, 9.17) is 4.74 Å². The zero-order valence-electron chi connectivity index (χ0n) is 7.18. The summed E-state index contributed by atoms with van der Waals surface area (Å²) in [4.78, 5) is 0. The second kappa shape index (κ2) is 3.11. The lowest BCUT2D eigenvalue weighted by molar-refractivity contribution is -0.0113. The van der Waals surface area contributed by atoms with Crippen molar-refractivity contribution in [3.63, 3.8) is 0 Å². The van der Waals surface area contributed by atoms with Crippen LogP contribution in [0.15, 0.2) is 0 Å². The van der Waals surface area contributed by atoms with Gasteiger partial charge < -0.3 is 10.1 Å². The molecule has 0 radical (unpaired) electrons. The zero-order chi connectivity index (χ0) is 7.68. The summed E-state index contributed by atoms with van der Waals surface area (Å²) in [6, 6.07) is 1.45. The smallest absolute Gasteiger partial charge is 0.0643 e. The molecular weight excluding hydrogens is 138 g/mol. The van der Waals surface area contributed by atoms with Gasteiger partial charge in [-0.2, -0.15) is 0 Å². The van der Waals surface area contributed by atoms with Gasteiger partial charge in [0.1, 0.15) is 0 Å². The number of rotatable bonds is 4. The Hall–Kier alpha value is -0.0800. The zero-order valence-corrected chi connectivity index (χ0v) is 7.18. The van der Waals surface area contributed by atoms with E-state index >= 15 is 0 Å². The summed E-state index contributed by atoms with van der Waals surface area (Å²) in [7, 11) is 0. The van der Waals surface area contributed by atoms with Crippen molar-refractivity contribution in [3.8, 4) is 0 Å². The maximum Gasteiger partial charge on any atom is 0.0643 e. The summed E-state index contributed by atoms with van der Waals surface area (Å²) in [5.41, 5.74) is 0. The Balaban J connectivity index is 1.71. The maximum atomic E-state index is 5.12. The van der Waals surface area contributed by atoms with Crippen LogP contribution in [0.25, 0.3) is 0 Å². The van der Waals surface area contributed by atoms with Crippen LogP contribution in [-0.2, 0) is 4.74 Å². The van der Waals surface area contributed by atoms with Gasteiger partial charge in [0.2, 0.25) is 0 Å². The van der Waals surface area contributed by atoms with Gasteiger partial charge in [0, 0.05) is 6.04 Å². The highest BCUT2D eigenvalue weighted by atomic mass is 16.5. The molecule has 0 aromatic carbocycles. The predicted octanol–water partition coefficient (Wildman–Crippen LogP) is 1.16. The van der Waals surface area contributed by atoms with Crippen LogP contribution in [0.2, 0.25) is 0 Å². The van der Waals surface area contributed by atoms with Gasteiger partial charge in [0.05, 0.1) is 19.3 Å². The van der Waals surface area contributed by atoms with E-state index in [0.717, 1.165) is 25.2 Å². The van der Waals surface area contributed by atoms with Crippen molar-refractivity contribution in [1.82, 2.24) is 5.32 Å². The Kier molecular flexibility index (Phi) is 2.14. The van der Waals surface area contributed by atoms with Crippen molar-refractivity contribution in [1.29, 1.82) is 0 Å². The Labute approximate surface area is 68.3 Å². The monoisotopic (exact) mass is 155 g/mol. The van der Waals surface area contributed by atoms with E-state index in [1.807, 2.05) is 0 Å². The highest BCUT2D eigenvalue weighted by Crippen LogP contribution is 2.34. The summed E-state index contributed by atoms with van der Waals surface area (Å²) in [5.74, 6) is 0.987. The van der Waals surface area contributed by atoms with Crippen molar-refractivity contribution < 1.29 is 4.74 Å². The topological polar surface area (TPSA) is 21.3 Å². The molecule has 0 aromatic rings. The third-order valence-electron chi connectivity index (χ3n) is 2.72. The second-order valence-electron chi connectivity index (χ2n) is 3.75. The third kappa shape index (κ3) is 1.74. The molecule has 1 aliphatic heterocycles. The molecule has 2 aliphatic rings. The fraction of sp³-hybridized carbons (Fsp3) is 1.00. The minimum Gasteiger partial charge on any atom is -0.378 e. The van der Waals surface area contributed by atoms with Crippen LogP contribution in [-0.4, -0.2) is 25.3 Å². The standard InChI is InChI=1S/C9H17NO/c1-2-9(7-3-4-7)10-8-5-11-6-8/h7-10H,2-6H2,1H3. The average molecular weight is 155 g/mol. The van der Waals surface area contributed by atoms with Gasteiger partial charge in [-0.25, -0.2) is 0 Å². The number of ether oxygens (including phenoxy) is 1. The Morgan fingerprint density at radius 2 is 2.18 bits per heavy atom. The fourth-order valence-electron chi connectivity index (χ4n) is 1.72. The van der Waals surface area contributed by atoms with Gasteiger partial charge in [-0.05, 0) is 25.2 Å². The molecule has 1 saturated carbocycles. The molecule has 0 bridgehead atoms. The molecule has 2 fully saturated rings. The molecule has 0 aromatic heterocycles. The van der Waals surface area contributed by atoms with E-state index in [1.54, 1.807) is 0 Å². The molecule has 2 rings (SSSR count). The molecule has 0 amide bonds. The summed E-state index contributed by atoms with van der Waals surface area (Å²) >= 11 is 0. The first kappa shape index (κ1) is 7.56. The van der Waals surface area contributed by atoms with Crippen LogP contribution >= 0.6 is 0 Å². The number of hydrogen-bond donors (Lipinski definition) is 1. The predicted molar refractivity (Wildman–Crippen MR) is 44.5 cm³/mol. The van der Waals surface area contributed by atoms with Crippen LogP contribution in [0.3, 0.4) is 0 Å². The molecule has 1 N–H and O–H groups in total. The van der Waals surface area contributed by atoms with Crippen LogP contribution in [0.5, 0.6) is 0 Å². The number of nitrogens with one attached hydrogen (secondary N) is 1. The van der Waals surface area contributed by atoms with Crippen LogP contribution in [0, 0.1) is 5.92 Å². The number of hydrogen-bond acceptors (Lipinski definition) is 2. The summed E-state index contributed by atoms with van der Waals surface area (Å²) < 4.78 is 5.12. The maximum absolute atomic E-state index is 5.12. The van der Waals surface area contributed by atoms with Crippen molar-refractivity contribution in [2.75, 3.05) is 13.2 Å². The molecule has 1 atom stereocenters. The lowest BCUT2D eigenvalue weighted by atomic mass is 10.1. The molecule has 2 heteroatoms. The first-order valence-electron chi connectivity index (χ1n) is 4.74. The normalized spacial score (nSPS) is 28.1. The average Bonchev–Trinajstić information content (AvgIpc) is 2.68. The van der Waals surface area contributed by atoms with Crippen molar-refractivity contribution in [2.24, 2.45) is 5.92 Å². The Morgan fingerprint density at radius 1 is 1.45 bits per heavy atom. The Morgan fingerprint density at radius 3 is 2.55 bits per heavy atom. The molecule has 0 spiro atoms. The Bertz CT molecular complexity index is 130. The van der Waals surface area contributed by atoms with Crippen LogP contribution < -0.4 is 5.32 Å². The van der Waals surface area contributed by atoms with E-state index in [9.17, 15) is 0 Å². The van der Waals surface area contributed by atoms with Gasteiger partial charge in [-0.1, -0.05) is 6.92 Å². The molecule has 11 heavy (non-hydrogen) atoms.